The van der Waals surface area contributed by atoms with Gasteiger partial charge in [0.2, 0.25) is 5.91 Å². The van der Waals surface area contributed by atoms with E-state index in [1.54, 1.807) is 44.2 Å². The summed E-state index contributed by atoms with van der Waals surface area (Å²) in [4.78, 5) is 39.7. The van der Waals surface area contributed by atoms with Gasteiger partial charge in [0.05, 0.1) is 12.6 Å². The SMILES string of the molecule is CC(=O)NCCCN1C(=O)NC(Nc2ccc(OC(C)C)c(F)c2)N(Cc2ccc(Cl)cc2)C1=O. The summed E-state index contributed by atoms with van der Waals surface area (Å²) in [6, 6.07) is 10.2. The van der Waals surface area contributed by atoms with Crippen molar-refractivity contribution in [3.05, 3.63) is 58.9 Å². The number of urea groups is 2. The summed E-state index contributed by atoms with van der Waals surface area (Å²) in [7, 11) is 0. The molecule has 1 fully saturated rings. The van der Waals surface area contributed by atoms with Crippen LogP contribution in [0.4, 0.5) is 19.7 Å². The van der Waals surface area contributed by atoms with Crippen molar-refractivity contribution in [3.8, 4) is 5.75 Å². The first-order chi connectivity index (χ1) is 16.6. The molecule has 1 saturated heterocycles. The first-order valence-corrected chi connectivity index (χ1v) is 11.6. The van der Waals surface area contributed by atoms with E-state index >= 15 is 0 Å². The van der Waals surface area contributed by atoms with Crippen molar-refractivity contribution in [1.29, 1.82) is 0 Å². The van der Waals surface area contributed by atoms with Crippen molar-refractivity contribution in [2.24, 2.45) is 0 Å². The number of hydrogen-bond donors (Lipinski definition) is 3. The molecular weight excluding hydrogens is 477 g/mol. The van der Waals surface area contributed by atoms with Crippen LogP contribution in [0.15, 0.2) is 42.5 Å². The van der Waals surface area contributed by atoms with Gasteiger partial charge >= 0.3 is 12.1 Å². The molecule has 1 aliphatic rings. The highest BCUT2D eigenvalue weighted by molar-refractivity contribution is 6.30. The van der Waals surface area contributed by atoms with Gasteiger partial charge in [-0.05, 0) is 50.1 Å². The zero-order chi connectivity index (χ0) is 25.5. The molecule has 1 atom stereocenters. The summed E-state index contributed by atoms with van der Waals surface area (Å²) in [5, 5.41) is 8.97. The van der Waals surface area contributed by atoms with Crippen molar-refractivity contribution in [3.63, 3.8) is 0 Å². The van der Waals surface area contributed by atoms with Crippen LogP contribution in [0.25, 0.3) is 0 Å². The van der Waals surface area contributed by atoms with E-state index in [9.17, 15) is 18.8 Å². The van der Waals surface area contributed by atoms with Gasteiger partial charge in [-0.15, -0.1) is 0 Å². The lowest BCUT2D eigenvalue weighted by atomic mass is 10.2. The van der Waals surface area contributed by atoms with Gasteiger partial charge in [0, 0.05) is 36.8 Å². The molecule has 3 rings (SSSR count). The predicted molar refractivity (Wildman–Crippen MR) is 131 cm³/mol. The number of ether oxygens (including phenoxy) is 1. The number of benzene rings is 2. The molecule has 11 heteroatoms. The molecule has 2 aromatic carbocycles. The van der Waals surface area contributed by atoms with Crippen molar-refractivity contribution in [2.45, 2.75) is 46.1 Å². The molecule has 188 valence electrons. The van der Waals surface area contributed by atoms with Crippen LogP contribution in [-0.2, 0) is 11.3 Å². The Balaban J connectivity index is 1.79. The van der Waals surface area contributed by atoms with Gasteiger partial charge in [0.15, 0.2) is 17.9 Å². The van der Waals surface area contributed by atoms with E-state index in [1.807, 2.05) is 0 Å². The molecule has 0 bridgehead atoms. The van der Waals surface area contributed by atoms with Gasteiger partial charge < -0.3 is 15.4 Å². The molecule has 2 aromatic rings. The normalized spacial score (nSPS) is 15.8. The fourth-order valence-corrected chi connectivity index (χ4v) is 3.61. The van der Waals surface area contributed by atoms with Crippen molar-refractivity contribution in [2.75, 3.05) is 18.4 Å². The number of carbonyl (C=O) groups is 3. The number of carbonyl (C=O) groups excluding carboxylic acids is 3. The second-order valence-corrected chi connectivity index (χ2v) is 8.77. The lowest BCUT2D eigenvalue weighted by Crippen LogP contribution is -2.67. The molecule has 0 saturated carbocycles. The lowest BCUT2D eigenvalue weighted by molar-refractivity contribution is -0.118. The number of amides is 5. The van der Waals surface area contributed by atoms with Gasteiger partial charge in [0.1, 0.15) is 0 Å². The Morgan fingerprint density at radius 1 is 1.20 bits per heavy atom. The van der Waals surface area contributed by atoms with Crippen LogP contribution in [0.5, 0.6) is 5.75 Å². The van der Waals surface area contributed by atoms with Crippen LogP contribution in [0, 0.1) is 5.82 Å². The average Bonchev–Trinajstić information content (AvgIpc) is 2.78. The third kappa shape index (κ3) is 7.22. The van der Waals surface area contributed by atoms with Crippen LogP contribution in [0.3, 0.4) is 0 Å². The van der Waals surface area contributed by atoms with Crippen LogP contribution >= 0.6 is 11.6 Å². The molecule has 1 heterocycles. The van der Waals surface area contributed by atoms with Crippen LogP contribution < -0.4 is 20.7 Å². The highest BCUT2D eigenvalue weighted by atomic mass is 35.5. The van der Waals surface area contributed by atoms with E-state index in [1.165, 1.54) is 24.0 Å². The first-order valence-electron chi connectivity index (χ1n) is 11.2. The molecule has 0 spiro atoms. The standard InChI is InChI=1S/C24H29ClFN5O4/c1-15(2)35-21-10-9-19(13-20(21)26)28-22-29-23(33)30(12-4-11-27-16(3)32)24(34)31(22)14-17-5-7-18(25)8-6-17/h5-10,13,15,22,28H,4,11-12,14H2,1-3H3,(H,27,32)(H,29,33). The summed E-state index contributed by atoms with van der Waals surface area (Å²) in [6.07, 6.45) is -0.729. The van der Waals surface area contributed by atoms with E-state index in [-0.39, 0.29) is 30.9 Å². The Morgan fingerprint density at radius 2 is 1.91 bits per heavy atom. The summed E-state index contributed by atoms with van der Waals surface area (Å²) in [6.45, 7) is 5.59. The summed E-state index contributed by atoms with van der Waals surface area (Å²) >= 11 is 5.98. The number of imide groups is 1. The van der Waals surface area contributed by atoms with E-state index in [2.05, 4.69) is 16.0 Å². The Hall–Kier alpha value is -3.53. The Kier molecular flexibility index (Phi) is 8.75. The molecule has 1 unspecified atom stereocenters. The van der Waals surface area contributed by atoms with Crippen LogP contribution in [0.2, 0.25) is 5.02 Å². The van der Waals surface area contributed by atoms with Crippen molar-refractivity contribution in [1.82, 2.24) is 20.4 Å². The predicted octanol–water partition coefficient (Wildman–Crippen LogP) is 4.14. The molecule has 1 aliphatic heterocycles. The van der Waals surface area contributed by atoms with Gasteiger partial charge in [-0.2, -0.15) is 0 Å². The average molecular weight is 506 g/mol. The van der Waals surface area contributed by atoms with Gasteiger partial charge in [-0.25, -0.2) is 18.9 Å². The summed E-state index contributed by atoms with van der Waals surface area (Å²) in [5.74, 6) is -0.649. The van der Waals surface area contributed by atoms with Crippen molar-refractivity contribution < 1.29 is 23.5 Å². The van der Waals surface area contributed by atoms with Gasteiger partial charge in [-0.3, -0.25) is 15.0 Å². The number of halogens is 2. The second-order valence-electron chi connectivity index (χ2n) is 8.33. The molecule has 0 radical (unpaired) electrons. The highest BCUT2D eigenvalue weighted by Gasteiger charge is 2.38. The van der Waals surface area contributed by atoms with E-state index in [0.717, 1.165) is 10.5 Å². The molecule has 9 nitrogen and oxygen atoms in total. The fourth-order valence-electron chi connectivity index (χ4n) is 3.48. The molecule has 0 aliphatic carbocycles. The molecular formula is C24H29ClFN5O4. The van der Waals surface area contributed by atoms with Crippen LogP contribution in [0.1, 0.15) is 32.8 Å². The zero-order valence-electron chi connectivity index (χ0n) is 19.8. The third-order valence-electron chi connectivity index (χ3n) is 5.09. The van der Waals surface area contributed by atoms with E-state index in [4.69, 9.17) is 16.3 Å². The maximum absolute atomic E-state index is 14.5. The third-order valence-corrected chi connectivity index (χ3v) is 5.34. The van der Waals surface area contributed by atoms with E-state index in [0.29, 0.717) is 23.7 Å². The summed E-state index contributed by atoms with van der Waals surface area (Å²) < 4.78 is 19.9. The number of hydrogen-bond acceptors (Lipinski definition) is 5. The molecule has 0 aromatic heterocycles. The van der Waals surface area contributed by atoms with Gasteiger partial charge in [0.25, 0.3) is 0 Å². The minimum absolute atomic E-state index is 0.109. The first kappa shape index (κ1) is 26.1. The fraction of sp³-hybridized carbons (Fsp3) is 0.375. The Morgan fingerprint density at radius 3 is 2.54 bits per heavy atom. The van der Waals surface area contributed by atoms with E-state index < -0.39 is 24.2 Å². The maximum atomic E-state index is 14.5. The number of nitrogens with zero attached hydrogens (tertiary/aromatic N) is 2. The Labute approximate surface area is 208 Å². The Bertz CT molecular complexity index is 1070. The number of nitrogens with one attached hydrogen (secondary N) is 3. The second kappa shape index (κ2) is 11.7. The van der Waals surface area contributed by atoms with Crippen molar-refractivity contribution >= 4 is 35.3 Å². The minimum Gasteiger partial charge on any atom is -0.488 e. The molecule has 5 amide bonds. The maximum Gasteiger partial charge on any atom is 0.331 e. The lowest BCUT2D eigenvalue weighted by Gasteiger charge is -2.41. The quantitative estimate of drug-likeness (QED) is 0.421. The highest BCUT2D eigenvalue weighted by Crippen LogP contribution is 2.24. The molecule has 3 N–H and O–H groups in total. The summed E-state index contributed by atoms with van der Waals surface area (Å²) in [5.41, 5.74) is 1.15. The smallest absolute Gasteiger partial charge is 0.331 e. The topological polar surface area (TPSA) is 103 Å². The zero-order valence-corrected chi connectivity index (χ0v) is 20.6. The minimum atomic E-state index is -0.937. The number of rotatable bonds is 10. The molecule has 35 heavy (non-hydrogen) atoms. The number of anilines is 1. The van der Waals surface area contributed by atoms with Gasteiger partial charge in [-0.1, -0.05) is 23.7 Å². The van der Waals surface area contributed by atoms with Crippen LogP contribution in [-0.4, -0.2) is 53.3 Å². The largest absolute Gasteiger partial charge is 0.488 e. The monoisotopic (exact) mass is 505 g/mol.